The molecule has 0 radical (unpaired) electrons. The first-order valence-corrected chi connectivity index (χ1v) is 16.1. The fourth-order valence-electron chi connectivity index (χ4n) is 2.12. The number of rotatable bonds is 21. The molecule has 1 rings (SSSR count). The normalized spacial score (nSPS) is 18.0. The summed E-state index contributed by atoms with van der Waals surface area (Å²) in [6.45, 7) is 5.51. The van der Waals surface area contributed by atoms with E-state index in [1.165, 1.54) is 13.8 Å². The minimum absolute atomic E-state index is 0.0419. The first-order chi connectivity index (χ1) is 25.6. The number of epoxide rings is 1. The van der Waals surface area contributed by atoms with Gasteiger partial charge in [-0.2, -0.15) is 0 Å². The lowest BCUT2D eigenvalue weighted by Crippen LogP contribution is -2.39. The summed E-state index contributed by atoms with van der Waals surface area (Å²) in [7, 11) is 0. The van der Waals surface area contributed by atoms with Crippen LogP contribution in [0.15, 0.2) is 24.3 Å². The van der Waals surface area contributed by atoms with Crippen LogP contribution in [0.4, 0.5) is 0 Å². The van der Waals surface area contributed by atoms with Crippen LogP contribution in [0.2, 0.25) is 0 Å². The molecule has 1 fully saturated rings. The molecule has 1 aliphatic rings. The van der Waals surface area contributed by atoms with Gasteiger partial charge >= 0.3 is 11.9 Å². The van der Waals surface area contributed by atoms with Crippen molar-refractivity contribution in [3.8, 4) is 0 Å². The number of aliphatic carboxylic acids is 1. The predicted molar refractivity (Wildman–Crippen MR) is 186 cm³/mol. The minimum atomic E-state index is -1.22. The maximum Gasteiger partial charge on any atom is 0.333 e. The van der Waals surface area contributed by atoms with Crippen LogP contribution < -0.4 is 0 Å². The van der Waals surface area contributed by atoms with Gasteiger partial charge in [0, 0.05) is 11.1 Å². The van der Waals surface area contributed by atoms with Crippen LogP contribution in [-0.4, -0.2) is 255 Å². The quantitative estimate of drug-likeness (QED) is 0.0290. The van der Waals surface area contributed by atoms with Crippen LogP contribution in [0.5, 0.6) is 0 Å². The monoisotopic (exact) mass is 820 g/mol. The zero-order valence-electron chi connectivity index (χ0n) is 30.8. The second-order valence-corrected chi connectivity index (χ2v) is 11.0. The molecule has 0 aromatic carbocycles. The molecule has 0 amide bonds. The van der Waals surface area contributed by atoms with Gasteiger partial charge in [0.25, 0.3) is 0 Å². The Morgan fingerprint density at radius 3 is 0.909 bits per heavy atom. The average Bonchev–Trinajstić information content (AvgIpc) is 4.03. The molecular weight excluding hydrogens is 756 g/mol. The number of ether oxygens (including phenoxy) is 3. The molecule has 19 N–H and O–H groups in total. The Labute approximate surface area is 317 Å². The summed E-state index contributed by atoms with van der Waals surface area (Å²) < 4.78 is 15.2. The van der Waals surface area contributed by atoms with Crippen LogP contribution >= 0.6 is 0 Å². The molecule has 0 aromatic rings. The molecule has 0 aromatic heterocycles. The van der Waals surface area contributed by atoms with Crippen molar-refractivity contribution in [3.05, 3.63) is 24.3 Å². The molecule has 11 atom stereocenters. The van der Waals surface area contributed by atoms with Crippen molar-refractivity contribution in [2.75, 3.05) is 79.3 Å². The smallest absolute Gasteiger partial charge is 0.333 e. The zero-order chi connectivity index (χ0) is 44.3. The van der Waals surface area contributed by atoms with Crippen molar-refractivity contribution in [2.45, 2.75) is 81.0 Å². The Kier molecular flexibility index (Phi) is 44.8. The highest BCUT2D eigenvalue weighted by Crippen LogP contribution is 2.13. The Morgan fingerprint density at radius 2 is 0.764 bits per heavy atom. The van der Waals surface area contributed by atoms with Gasteiger partial charge in [0.05, 0.1) is 79.3 Å². The van der Waals surface area contributed by atoms with Crippen LogP contribution in [0.1, 0.15) is 13.8 Å². The van der Waals surface area contributed by atoms with E-state index in [0.717, 1.165) is 0 Å². The van der Waals surface area contributed by atoms with E-state index in [0.29, 0.717) is 13.2 Å². The number of hydrogen-bond acceptors (Lipinski definition) is 23. The van der Waals surface area contributed by atoms with Crippen LogP contribution in [0.3, 0.4) is 0 Å². The van der Waals surface area contributed by atoms with Gasteiger partial charge in [0.2, 0.25) is 0 Å². The SMILES string of the molecule is C=C(C)C(=O)O.C=C(C)C(=O)O[C@@H](CO)[C@@H](CO)OCC1CO1.OC[C@@H](O)[C@@H](O)CO.OC[C@@H](O)[C@@H](O)CO.OC[C@@H](O)[C@@H](O)CO.OC[C@@H](O)[C@@H](O)CO. The Hall–Kier alpha value is -2.38. The zero-order valence-corrected chi connectivity index (χ0v) is 30.8. The van der Waals surface area contributed by atoms with Gasteiger partial charge in [-0.15, -0.1) is 0 Å². The van der Waals surface area contributed by atoms with Gasteiger partial charge in [0.15, 0.2) is 6.10 Å². The first kappa shape index (κ1) is 61.8. The van der Waals surface area contributed by atoms with Crippen molar-refractivity contribution in [2.24, 2.45) is 0 Å². The van der Waals surface area contributed by atoms with Crippen LogP contribution in [0.25, 0.3) is 0 Å². The number of hydrogen-bond donors (Lipinski definition) is 19. The molecule has 1 saturated heterocycles. The number of carboxylic acids is 1. The molecular formula is C31H64O24. The van der Waals surface area contributed by atoms with E-state index < -0.39 is 132 Å². The molecule has 55 heavy (non-hydrogen) atoms. The second kappa shape index (κ2) is 39.8. The highest BCUT2D eigenvalue weighted by atomic mass is 16.6. The van der Waals surface area contributed by atoms with Gasteiger partial charge in [-0.25, -0.2) is 9.59 Å². The van der Waals surface area contributed by atoms with Gasteiger partial charge in [-0.05, 0) is 13.8 Å². The topological polar surface area (TPSA) is 450 Å². The summed E-state index contributed by atoms with van der Waals surface area (Å²) in [5, 5.41) is 159. The lowest BCUT2D eigenvalue weighted by Gasteiger charge is -2.24. The molecule has 1 heterocycles. The lowest BCUT2D eigenvalue weighted by atomic mass is 10.2. The first-order valence-electron chi connectivity index (χ1n) is 16.1. The molecule has 24 heteroatoms. The molecule has 0 bridgehead atoms. The molecule has 24 nitrogen and oxygen atoms in total. The molecule has 0 aliphatic carbocycles. The maximum atomic E-state index is 11.3. The van der Waals surface area contributed by atoms with E-state index in [4.69, 9.17) is 111 Å². The molecule has 0 saturated carbocycles. The van der Waals surface area contributed by atoms with Gasteiger partial charge < -0.3 is 111 Å². The molecule has 1 unspecified atom stereocenters. The fraction of sp³-hybridized carbons (Fsp3) is 0.806. The third kappa shape index (κ3) is 38.3. The van der Waals surface area contributed by atoms with Gasteiger partial charge in [-0.1, -0.05) is 13.2 Å². The van der Waals surface area contributed by atoms with E-state index in [1.807, 2.05) is 0 Å². The number of carbonyl (C=O) groups is 2. The maximum absolute atomic E-state index is 11.3. The van der Waals surface area contributed by atoms with Crippen molar-refractivity contribution >= 4 is 11.9 Å². The number of aliphatic hydroxyl groups excluding tert-OH is 18. The second-order valence-electron chi connectivity index (χ2n) is 11.0. The van der Waals surface area contributed by atoms with Crippen molar-refractivity contribution < 1.29 is 121 Å². The fourth-order valence-corrected chi connectivity index (χ4v) is 2.12. The molecule has 332 valence electrons. The highest BCUT2D eigenvalue weighted by Gasteiger charge is 2.29. The standard InChI is InChI=1S/C11H18O6.4C4H10O4.C4H6O2/c1-7(2)11(14)17-10(4-13)9(3-12)16-6-8-5-15-8;4*5-1-3(7)4(8)2-6;1-3(2)4(5)6/h8-10,12-13H,1,3-6H2,2H3;4*3-8H,1-2H2;1H2,2H3,(H,5,6)/t8?,9-,10+;4*3-,4+;/m1...../s1. The third-order valence-corrected chi connectivity index (χ3v) is 5.92. The summed E-state index contributed by atoms with van der Waals surface area (Å²) in [6, 6.07) is 0. The summed E-state index contributed by atoms with van der Waals surface area (Å²) >= 11 is 0. The predicted octanol–water partition coefficient (Wildman–Crippen LogP) is -9.34. The van der Waals surface area contributed by atoms with Crippen LogP contribution in [0, 0.1) is 0 Å². The molecule has 1 aliphatic heterocycles. The Bertz CT molecular complexity index is 815. The lowest BCUT2D eigenvalue weighted by molar-refractivity contribution is -0.159. The summed E-state index contributed by atoms with van der Waals surface area (Å²) in [5.41, 5.74) is 0.403. The third-order valence-electron chi connectivity index (χ3n) is 5.92. The molecule has 0 spiro atoms. The Morgan fingerprint density at radius 1 is 0.527 bits per heavy atom. The summed E-state index contributed by atoms with van der Waals surface area (Å²) in [6.07, 6.45) is -11.4. The van der Waals surface area contributed by atoms with Crippen molar-refractivity contribution in [3.63, 3.8) is 0 Å². The average molecular weight is 821 g/mol. The van der Waals surface area contributed by atoms with E-state index >= 15 is 0 Å². The van der Waals surface area contributed by atoms with Crippen molar-refractivity contribution in [1.82, 2.24) is 0 Å². The number of esters is 1. The highest BCUT2D eigenvalue weighted by molar-refractivity contribution is 5.87. The largest absolute Gasteiger partial charge is 0.478 e. The van der Waals surface area contributed by atoms with Crippen LogP contribution in [-0.2, 0) is 23.8 Å². The summed E-state index contributed by atoms with van der Waals surface area (Å²) in [4.78, 5) is 20.9. The number of carboxylic acid groups (broad SMARTS) is 1. The number of carbonyl (C=O) groups excluding carboxylic acids is 1. The van der Waals surface area contributed by atoms with Gasteiger partial charge in [-0.3, -0.25) is 0 Å². The Balaban J connectivity index is -0.000000191. The van der Waals surface area contributed by atoms with E-state index in [-0.39, 0.29) is 23.9 Å². The van der Waals surface area contributed by atoms with Crippen molar-refractivity contribution in [1.29, 1.82) is 0 Å². The van der Waals surface area contributed by atoms with Gasteiger partial charge in [0.1, 0.15) is 61.0 Å². The summed E-state index contributed by atoms with van der Waals surface area (Å²) in [5.74, 6) is -1.55. The number of aliphatic hydroxyl groups is 18. The van der Waals surface area contributed by atoms with E-state index in [9.17, 15) is 9.59 Å². The minimum Gasteiger partial charge on any atom is -0.478 e. The van der Waals surface area contributed by atoms with E-state index in [1.54, 1.807) is 0 Å². The van der Waals surface area contributed by atoms with E-state index in [2.05, 4.69) is 13.2 Å².